The average Bonchev–Trinajstić information content (AvgIpc) is 2.65. The molecule has 1 N–H and O–H groups in total. The van der Waals surface area contributed by atoms with Crippen LogP contribution in [0.15, 0.2) is 30.3 Å². The number of nitrogens with one attached hydrogen (secondary N) is 1. The van der Waals surface area contributed by atoms with Gasteiger partial charge in [0.25, 0.3) is 0 Å². The van der Waals surface area contributed by atoms with Crippen LogP contribution in [0.5, 0.6) is 0 Å². The van der Waals surface area contributed by atoms with Crippen molar-refractivity contribution in [2.45, 2.75) is 45.4 Å². The van der Waals surface area contributed by atoms with Crippen LogP contribution in [-0.2, 0) is 9.59 Å². The van der Waals surface area contributed by atoms with Crippen LogP contribution in [0.4, 0.5) is 0 Å². The van der Waals surface area contributed by atoms with Crippen LogP contribution in [-0.4, -0.2) is 42.1 Å². The molecule has 5 heteroatoms. The highest BCUT2D eigenvalue weighted by Crippen LogP contribution is 2.17. The fourth-order valence-electron chi connectivity index (χ4n) is 3.18. The molecular formula is C20H28N2O3. The first kappa shape index (κ1) is 19.2. The summed E-state index contributed by atoms with van der Waals surface area (Å²) in [6, 6.07) is 9.09. The molecule has 136 valence electrons. The van der Waals surface area contributed by atoms with Crippen LogP contribution in [0.3, 0.4) is 0 Å². The molecule has 0 unspecified atom stereocenters. The number of piperidine rings is 1. The number of hydrogen-bond donors (Lipinski definition) is 1. The van der Waals surface area contributed by atoms with Crippen molar-refractivity contribution >= 4 is 17.6 Å². The van der Waals surface area contributed by atoms with E-state index in [2.05, 4.69) is 5.32 Å². The van der Waals surface area contributed by atoms with E-state index in [-0.39, 0.29) is 30.4 Å². The van der Waals surface area contributed by atoms with Gasteiger partial charge < -0.3 is 10.2 Å². The second-order valence-corrected chi connectivity index (χ2v) is 6.69. The summed E-state index contributed by atoms with van der Waals surface area (Å²) in [7, 11) is 0. The molecule has 0 aliphatic carbocycles. The Kier molecular flexibility index (Phi) is 7.64. The zero-order valence-corrected chi connectivity index (χ0v) is 15.0. The first-order valence-electron chi connectivity index (χ1n) is 9.23. The number of carbonyl (C=O) groups is 3. The molecule has 1 aromatic rings. The molecule has 2 rings (SSSR count). The molecule has 1 aliphatic rings. The van der Waals surface area contributed by atoms with Gasteiger partial charge in [-0.15, -0.1) is 0 Å². The summed E-state index contributed by atoms with van der Waals surface area (Å²) in [5.74, 6) is 0.436. The lowest BCUT2D eigenvalue weighted by molar-refractivity contribution is -0.132. The first-order valence-corrected chi connectivity index (χ1v) is 9.23. The largest absolute Gasteiger partial charge is 0.356 e. The van der Waals surface area contributed by atoms with Crippen molar-refractivity contribution < 1.29 is 14.4 Å². The van der Waals surface area contributed by atoms with Crippen molar-refractivity contribution in [3.05, 3.63) is 35.9 Å². The molecule has 0 spiro atoms. The van der Waals surface area contributed by atoms with E-state index in [1.54, 1.807) is 12.1 Å². The predicted octanol–water partition coefficient (Wildman–Crippen LogP) is 2.80. The Morgan fingerprint density at radius 2 is 1.88 bits per heavy atom. The Labute approximate surface area is 149 Å². The summed E-state index contributed by atoms with van der Waals surface area (Å²) in [5, 5.41) is 2.95. The summed E-state index contributed by atoms with van der Waals surface area (Å²) in [4.78, 5) is 38.0. The van der Waals surface area contributed by atoms with E-state index in [4.69, 9.17) is 0 Å². The summed E-state index contributed by atoms with van der Waals surface area (Å²) < 4.78 is 0. The predicted molar refractivity (Wildman–Crippen MR) is 97.2 cm³/mol. The SMILES string of the molecule is CCCC(=O)NC[C@@H]1CCCN(C(=O)CCC(=O)c2ccccc2)C1. The highest BCUT2D eigenvalue weighted by Gasteiger charge is 2.24. The molecule has 2 amide bonds. The van der Waals surface area contributed by atoms with E-state index in [1.807, 2.05) is 30.0 Å². The number of amides is 2. The van der Waals surface area contributed by atoms with E-state index >= 15 is 0 Å². The van der Waals surface area contributed by atoms with Crippen LogP contribution < -0.4 is 5.32 Å². The van der Waals surface area contributed by atoms with Crippen LogP contribution >= 0.6 is 0 Å². The fourth-order valence-corrected chi connectivity index (χ4v) is 3.18. The maximum Gasteiger partial charge on any atom is 0.223 e. The van der Waals surface area contributed by atoms with Gasteiger partial charge in [0.1, 0.15) is 0 Å². The van der Waals surface area contributed by atoms with Gasteiger partial charge in [-0.1, -0.05) is 37.3 Å². The first-order chi connectivity index (χ1) is 12.1. The number of carbonyl (C=O) groups excluding carboxylic acids is 3. The van der Waals surface area contributed by atoms with Gasteiger partial charge in [0.2, 0.25) is 11.8 Å². The second kappa shape index (κ2) is 9.97. The Bertz CT molecular complexity index is 586. The lowest BCUT2D eigenvalue weighted by Gasteiger charge is -2.33. The molecular weight excluding hydrogens is 316 g/mol. The zero-order chi connectivity index (χ0) is 18.1. The van der Waals surface area contributed by atoms with E-state index in [9.17, 15) is 14.4 Å². The van der Waals surface area contributed by atoms with Gasteiger partial charge in [-0.2, -0.15) is 0 Å². The van der Waals surface area contributed by atoms with Gasteiger partial charge in [0, 0.05) is 44.5 Å². The summed E-state index contributed by atoms with van der Waals surface area (Å²) >= 11 is 0. The van der Waals surface area contributed by atoms with Gasteiger partial charge >= 0.3 is 0 Å². The van der Waals surface area contributed by atoms with Crippen LogP contribution in [0.2, 0.25) is 0 Å². The normalized spacial score (nSPS) is 17.2. The minimum Gasteiger partial charge on any atom is -0.356 e. The zero-order valence-electron chi connectivity index (χ0n) is 15.0. The standard InChI is InChI=1S/C20H28N2O3/c1-2-7-19(24)21-14-16-8-6-13-22(15-16)20(25)12-11-18(23)17-9-4-3-5-10-17/h3-5,9-10,16H,2,6-8,11-15H2,1H3,(H,21,24)/t16-/m0/s1. The number of rotatable bonds is 8. The molecule has 1 aliphatic heterocycles. The van der Waals surface area contributed by atoms with E-state index < -0.39 is 0 Å². The quantitative estimate of drug-likeness (QED) is 0.738. The smallest absolute Gasteiger partial charge is 0.223 e. The van der Waals surface area contributed by atoms with Crippen molar-refractivity contribution in [1.82, 2.24) is 10.2 Å². The molecule has 0 aromatic heterocycles. The van der Waals surface area contributed by atoms with Crippen molar-refractivity contribution in [2.24, 2.45) is 5.92 Å². The molecule has 5 nitrogen and oxygen atoms in total. The molecule has 0 bridgehead atoms. The number of ketones is 1. The topological polar surface area (TPSA) is 66.5 Å². The lowest BCUT2D eigenvalue weighted by Crippen LogP contribution is -2.43. The van der Waals surface area contributed by atoms with Gasteiger partial charge in [0.05, 0.1) is 0 Å². The Morgan fingerprint density at radius 3 is 2.60 bits per heavy atom. The number of nitrogens with zero attached hydrogens (tertiary/aromatic N) is 1. The Morgan fingerprint density at radius 1 is 1.12 bits per heavy atom. The molecule has 1 saturated heterocycles. The molecule has 1 atom stereocenters. The number of benzene rings is 1. The molecule has 1 aromatic carbocycles. The van der Waals surface area contributed by atoms with E-state index in [1.165, 1.54) is 0 Å². The molecule has 0 saturated carbocycles. The monoisotopic (exact) mass is 344 g/mol. The third-order valence-electron chi connectivity index (χ3n) is 4.60. The molecule has 1 heterocycles. The van der Waals surface area contributed by atoms with Crippen LogP contribution in [0.25, 0.3) is 0 Å². The second-order valence-electron chi connectivity index (χ2n) is 6.69. The van der Waals surface area contributed by atoms with Crippen LogP contribution in [0.1, 0.15) is 55.8 Å². The maximum atomic E-state index is 12.4. The molecule has 0 radical (unpaired) electrons. The minimum atomic E-state index is 0.00865. The number of hydrogen-bond acceptors (Lipinski definition) is 3. The lowest BCUT2D eigenvalue weighted by atomic mass is 9.97. The maximum absolute atomic E-state index is 12.4. The van der Waals surface area contributed by atoms with Crippen molar-refractivity contribution in [3.8, 4) is 0 Å². The summed E-state index contributed by atoms with van der Waals surface area (Å²) in [5.41, 5.74) is 0.658. The number of Topliss-reactive ketones (excluding diaryl/α,β-unsaturated/α-hetero) is 1. The van der Waals surface area contributed by atoms with Gasteiger partial charge in [0.15, 0.2) is 5.78 Å². The van der Waals surface area contributed by atoms with Crippen molar-refractivity contribution in [2.75, 3.05) is 19.6 Å². The third kappa shape index (κ3) is 6.33. The van der Waals surface area contributed by atoms with Gasteiger partial charge in [-0.05, 0) is 25.2 Å². The van der Waals surface area contributed by atoms with E-state index in [0.29, 0.717) is 31.0 Å². The fraction of sp³-hybridized carbons (Fsp3) is 0.550. The van der Waals surface area contributed by atoms with Crippen LogP contribution in [0, 0.1) is 5.92 Å². The van der Waals surface area contributed by atoms with Gasteiger partial charge in [-0.3, -0.25) is 14.4 Å². The van der Waals surface area contributed by atoms with Crippen molar-refractivity contribution in [3.63, 3.8) is 0 Å². The summed E-state index contributed by atoms with van der Waals surface area (Å²) in [6.07, 6.45) is 3.87. The Hall–Kier alpha value is -2.17. The highest BCUT2D eigenvalue weighted by atomic mass is 16.2. The highest BCUT2D eigenvalue weighted by molar-refractivity contribution is 5.97. The third-order valence-corrected chi connectivity index (χ3v) is 4.60. The molecule has 25 heavy (non-hydrogen) atoms. The van der Waals surface area contributed by atoms with Gasteiger partial charge in [-0.25, -0.2) is 0 Å². The minimum absolute atomic E-state index is 0.00865. The van der Waals surface area contributed by atoms with Crippen molar-refractivity contribution in [1.29, 1.82) is 0 Å². The average molecular weight is 344 g/mol. The summed E-state index contributed by atoms with van der Waals surface area (Å²) in [6.45, 7) is 4.03. The van der Waals surface area contributed by atoms with E-state index in [0.717, 1.165) is 25.8 Å². The number of likely N-dealkylation sites (tertiary alicyclic amines) is 1. The molecule has 1 fully saturated rings. The Balaban J connectivity index is 1.75.